The summed E-state index contributed by atoms with van der Waals surface area (Å²) < 4.78 is 0.994. The Morgan fingerprint density at radius 2 is 1.16 bits per heavy atom. The number of carbonyl (C=O) groups is 2. The molecule has 0 aromatic heterocycles. The molecule has 134 valence electrons. The summed E-state index contributed by atoms with van der Waals surface area (Å²) in [6, 6.07) is 14.7. The lowest BCUT2D eigenvalue weighted by Gasteiger charge is -1.89. The maximum Gasteiger partial charge on any atom is 0.150 e. The molecule has 25 heavy (non-hydrogen) atoms. The van der Waals surface area contributed by atoms with Gasteiger partial charge in [0.25, 0.3) is 0 Å². The molecular weight excluding hydrogens is 517 g/mol. The fourth-order valence-electron chi connectivity index (χ4n) is 1.22. The molecule has 2 nitrogen and oxygen atoms in total. The van der Waals surface area contributed by atoms with Gasteiger partial charge in [0.1, 0.15) is 12.6 Å². The molecule has 10 heteroatoms. The lowest BCUT2D eigenvalue weighted by atomic mass is 10.2. The Kier molecular flexibility index (Phi) is 17.1. The smallest absolute Gasteiger partial charge is 0.150 e. The van der Waals surface area contributed by atoms with Crippen molar-refractivity contribution in [1.82, 2.24) is 0 Å². The summed E-state index contributed by atoms with van der Waals surface area (Å²) in [6.07, 6.45) is 1.67. The Hall–Kier alpha value is -0.200. The summed E-state index contributed by atoms with van der Waals surface area (Å²) in [5.74, 6) is 0. The highest BCUT2D eigenvalue weighted by molar-refractivity contribution is 9.10. The van der Waals surface area contributed by atoms with Crippen LogP contribution in [0.5, 0.6) is 0 Å². The molecule has 0 spiro atoms. The van der Waals surface area contributed by atoms with Gasteiger partial charge in [-0.3, -0.25) is 9.59 Å². The minimum Gasteiger partial charge on any atom is -0.298 e. The monoisotopic (exact) mass is 528 g/mol. The number of benzene rings is 2. The van der Waals surface area contributed by atoms with E-state index in [0.717, 1.165) is 22.6 Å². The van der Waals surface area contributed by atoms with Crippen LogP contribution in [0.15, 0.2) is 53.0 Å². The zero-order valence-electron chi connectivity index (χ0n) is 12.8. The maximum atomic E-state index is 10.1. The summed E-state index contributed by atoms with van der Waals surface area (Å²) in [5, 5.41) is 0. The first-order valence-electron chi connectivity index (χ1n) is 6.38. The molecule has 0 unspecified atom stereocenters. The van der Waals surface area contributed by atoms with E-state index >= 15 is 0 Å². The molecule has 0 amide bonds. The van der Waals surface area contributed by atoms with E-state index in [2.05, 4.69) is 38.3 Å². The van der Waals surface area contributed by atoms with Gasteiger partial charge in [0, 0.05) is 82.4 Å². The SMILES string of the molecule is Cc1ccc(C=O)cc1.O=Cc1ccc(Br)cc1.S=S=S=S=S=S=S. The van der Waals surface area contributed by atoms with Crippen LogP contribution < -0.4 is 0 Å². The Labute approximate surface area is 179 Å². The number of aryl methyl sites for hydroxylation is 1. The third-order valence-corrected chi connectivity index (χ3v) is 11.7. The van der Waals surface area contributed by atoms with Crippen molar-refractivity contribution in [3.05, 3.63) is 69.7 Å². The van der Waals surface area contributed by atoms with Crippen LogP contribution in [0.4, 0.5) is 0 Å². The summed E-state index contributed by atoms with van der Waals surface area (Å²) in [7, 11) is 7.36. The van der Waals surface area contributed by atoms with Gasteiger partial charge in [0.2, 0.25) is 0 Å². The van der Waals surface area contributed by atoms with Crippen molar-refractivity contribution in [2.75, 3.05) is 0 Å². The quantitative estimate of drug-likeness (QED) is 0.550. The average molecular weight is 530 g/mol. The fourth-order valence-corrected chi connectivity index (χ4v) is 9.72. The highest BCUT2D eigenvalue weighted by atomic mass is 79.9. The van der Waals surface area contributed by atoms with Crippen LogP contribution in [0.1, 0.15) is 26.3 Å². The second-order valence-electron chi connectivity index (χ2n) is 4.04. The molecule has 0 atom stereocenters. The van der Waals surface area contributed by atoms with Crippen molar-refractivity contribution in [1.29, 1.82) is 0 Å². The average Bonchev–Trinajstić information content (AvgIpc) is 2.65. The first-order valence-corrected chi connectivity index (χ1v) is 15.2. The number of halogens is 1. The van der Waals surface area contributed by atoms with E-state index in [1.165, 1.54) is 23.3 Å². The van der Waals surface area contributed by atoms with Crippen molar-refractivity contribution >= 4 is 95.3 Å². The molecule has 0 fully saturated rings. The fraction of sp³-hybridized carbons (Fsp3) is 0.0667. The van der Waals surface area contributed by atoms with E-state index in [1.54, 1.807) is 38.8 Å². The molecule has 0 aliphatic heterocycles. The van der Waals surface area contributed by atoms with Gasteiger partial charge in [-0.25, -0.2) is 0 Å². The molecule has 0 radical (unpaired) electrons. The Balaban J connectivity index is 0.000000350. The van der Waals surface area contributed by atoms with Crippen molar-refractivity contribution in [3.63, 3.8) is 0 Å². The first-order chi connectivity index (χ1) is 12.1. The minimum absolute atomic E-state index is 0.707. The van der Waals surface area contributed by atoms with Gasteiger partial charge in [-0.05, 0) is 19.1 Å². The predicted molar refractivity (Wildman–Crippen MR) is 128 cm³/mol. The molecule has 0 aliphatic carbocycles. The molecule has 2 aromatic carbocycles. The Morgan fingerprint density at radius 1 is 0.760 bits per heavy atom. The summed E-state index contributed by atoms with van der Waals surface area (Å²) in [6.45, 7) is 1.99. The lowest BCUT2D eigenvalue weighted by molar-refractivity contribution is 0.111. The van der Waals surface area contributed by atoms with Crippen molar-refractivity contribution in [3.8, 4) is 0 Å². The van der Waals surface area contributed by atoms with Crippen LogP contribution in [-0.2, 0) is 66.8 Å². The zero-order chi connectivity index (χ0) is 18.9. The Morgan fingerprint density at radius 3 is 1.52 bits per heavy atom. The third-order valence-electron chi connectivity index (χ3n) is 2.33. The standard InChI is InChI=1S/C8H8O.C7H5BrO.S7/c1-7-2-4-8(6-9)5-3-7;8-7-3-1-6(5-9)2-4-7;1-3-5-7-6-4-2/h2-6H,1H3;1-5H;. The predicted octanol–water partition coefficient (Wildman–Crippen LogP) is 4.05. The molecule has 2 aromatic rings. The molecule has 0 heterocycles. The van der Waals surface area contributed by atoms with Crippen molar-refractivity contribution < 1.29 is 9.59 Å². The van der Waals surface area contributed by atoms with Crippen LogP contribution in [0.3, 0.4) is 0 Å². The van der Waals surface area contributed by atoms with Crippen LogP contribution in [0.25, 0.3) is 0 Å². The molecule has 2 rings (SSSR count). The van der Waals surface area contributed by atoms with Gasteiger partial charge >= 0.3 is 0 Å². The third kappa shape index (κ3) is 14.6. The van der Waals surface area contributed by atoms with Gasteiger partial charge < -0.3 is 0 Å². The second-order valence-corrected chi connectivity index (χ2v) is 13.8. The summed E-state index contributed by atoms with van der Waals surface area (Å²) >= 11 is 12.4. The normalized spacial score (nSPS) is 8.24. The summed E-state index contributed by atoms with van der Waals surface area (Å²) in [4.78, 5) is 20.2. The molecule has 0 saturated carbocycles. The lowest BCUT2D eigenvalue weighted by Crippen LogP contribution is -1.77. The number of rotatable bonds is 2. The first kappa shape index (κ1) is 24.8. The van der Waals surface area contributed by atoms with Crippen LogP contribution >= 0.6 is 15.9 Å². The van der Waals surface area contributed by atoms with Crippen LogP contribution in [-0.4, -0.2) is 12.6 Å². The molecule has 0 N–H and O–H groups in total. The highest BCUT2D eigenvalue weighted by Gasteiger charge is 1.86. The minimum atomic E-state index is 0.707. The van der Waals surface area contributed by atoms with Gasteiger partial charge in [-0.2, -0.15) is 0 Å². The summed E-state index contributed by atoms with van der Waals surface area (Å²) in [5.41, 5.74) is 2.62. The molecular formula is C15H13BrO2S7. The molecule has 0 bridgehead atoms. The van der Waals surface area contributed by atoms with E-state index in [9.17, 15) is 9.59 Å². The molecule has 0 aliphatic rings. The van der Waals surface area contributed by atoms with E-state index in [4.69, 9.17) is 0 Å². The topological polar surface area (TPSA) is 34.1 Å². The van der Waals surface area contributed by atoms with E-state index in [-0.39, 0.29) is 0 Å². The highest BCUT2D eigenvalue weighted by Crippen LogP contribution is 2.08. The number of hydrogen-bond donors (Lipinski definition) is 0. The van der Waals surface area contributed by atoms with Crippen LogP contribution in [0.2, 0.25) is 0 Å². The van der Waals surface area contributed by atoms with Gasteiger partial charge in [-0.1, -0.05) is 57.9 Å². The number of aldehydes is 2. The van der Waals surface area contributed by atoms with Crippen molar-refractivity contribution in [2.24, 2.45) is 0 Å². The largest absolute Gasteiger partial charge is 0.298 e. The van der Waals surface area contributed by atoms with E-state index in [1.807, 2.05) is 43.3 Å². The molecule has 0 saturated heterocycles. The van der Waals surface area contributed by atoms with Crippen molar-refractivity contribution in [2.45, 2.75) is 6.92 Å². The number of hydrogen-bond acceptors (Lipinski definition) is 4. The van der Waals surface area contributed by atoms with E-state index in [0.29, 0.717) is 5.56 Å². The van der Waals surface area contributed by atoms with Gasteiger partial charge in [0.05, 0.1) is 0 Å². The van der Waals surface area contributed by atoms with Gasteiger partial charge in [0.15, 0.2) is 0 Å². The van der Waals surface area contributed by atoms with Crippen LogP contribution in [0, 0.1) is 6.92 Å². The second kappa shape index (κ2) is 17.2. The van der Waals surface area contributed by atoms with Gasteiger partial charge in [-0.15, -0.1) is 0 Å². The zero-order valence-corrected chi connectivity index (χ0v) is 20.1. The van der Waals surface area contributed by atoms with E-state index < -0.39 is 0 Å². The number of carbonyl (C=O) groups excluding carboxylic acids is 2. The maximum absolute atomic E-state index is 10.1. The Bertz CT molecular complexity index is 796.